The van der Waals surface area contributed by atoms with Gasteiger partial charge in [0.25, 0.3) is 0 Å². The number of halogens is 2. The Morgan fingerprint density at radius 3 is 2.67 bits per heavy atom. The van der Waals surface area contributed by atoms with Gasteiger partial charge in [0, 0.05) is 18.3 Å². The quantitative estimate of drug-likeness (QED) is 0.341. The zero-order valence-corrected chi connectivity index (χ0v) is 22.5. The first kappa shape index (κ1) is 26.5. The molecule has 0 fully saturated rings. The molecule has 3 aromatic rings. The van der Waals surface area contributed by atoms with Crippen LogP contribution in [-0.4, -0.2) is 42.1 Å². The standard InChI is InChI=1S/C25H27Cl2N3O5S/c1-4-34-25(31)15-30-22-7-5-6-21(18(22)14-28-30)29(3)36(32,33)17-9-11-23(20(27)13-17)35-24-12-16(2)8-10-19(24)26/h8-14,21H,4-7,15H2,1-3H3/t21-/m1/s1. The van der Waals surface area contributed by atoms with Gasteiger partial charge in [-0.1, -0.05) is 29.3 Å². The largest absolute Gasteiger partial charge is 0.465 e. The maximum absolute atomic E-state index is 13.5. The van der Waals surface area contributed by atoms with Gasteiger partial charge < -0.3 is 9.47 Å². The molecule has 11 heteroatoms. The van der Waals surface area contributed by atoms with Gasteiger partial charge in [-0.3, -0.25) is 9.48 Å². The highest BCUT2D eigenvalue weighted by Gasteiger charge is 2.34. The average Bonchev–Trinajstić information content (AvgIpc) is 3.25. The molecule has 0 aliphatic heterocycles. The third kappa shape index (κ3) is 5.39. The van der Waals surface area contributed by atoms with Gasteiger partial charge in [0.2, 0.25) is 10.0 Å². The van der Waals surface area contributed by atoms with Crippen molar-refractivity contribution in [3.63, 3.8) is 0 Å². The zero-order valence-electron chi connectivity index (χ0n) is 20.2. The van der Waals surface area contributed by atoms with Crippen LogP contribution < -0.4 is 4.74 Å². The minimum Gasteiger partial charge on any atom is -0.465 e. The molecule has 0 bridgehead atoms. The van der Waals surface area contributed by atoms with E-state index in [9.17, 15) is 13.2 Å². The second-order valence-corrected chi connectivity index (χ2v) is 11.4. The molecule has 0 N–H and O–H groups in total. The molecule has 8 nitrogen and oxygen atoms in total. The summed E-state index contributed by atoms with van der Waals surface area (Å²) < 4.78 is 40.9. The van der Waals surface area contributed by atoms with Gasteiger partial charge in [-0.15, -0.1) is 0 Å². The topological polar surface area (TPSA) is 90.7 Å². The number of carbonyl (C=O) groups is 1. The summed E-state index contributed by atoms with van der Waals surface area (Å²) in [5, 5.41) is 4.90. The zero-order chi connectivity index (χ0) is 26.0. The number of hydrogen-bond donors (Lipinski definition) is 0. The monoisotopic (exact) mass is 551 g/mol. The SMILES string of the molecule is CCOC(=O)Cn1ncc2c1CCC[C@H]2N(C)S(=O)(=O)c1ccc(Oc2cc(C)ccc2Cl)c(Cl)c1. The highest BCUT2D eigenvalue weighted by molar-refractivity contribution is 7.89. The van der Waals surface area contributed by atoms with Crippen LogP contribution in [0, 0.1) is 6.92 Å². The molecule has 0 radical (unpaired) electrons. The number of esters is 1. The number of aromatic nitrogens is 2. The van der Waals surface area contributed by atoms with E-state index < -0.39 is 16.1 Å². The van der Waals surface area contributed by atoms with E-state index in [2.05, 4.69) is 5.10 Å². The molecular formula is C25H27Cl2N3O5S. The molecule has 192 valence electrons. The summed E-state index contributed by atoms with van der Waals surface area (Å²) in [7, 11) is -2.35. The van der Waals surface area contributed by atoms with Gasteiger partial charge >= 0.3 is 5.97 Å². The summed E-state index contributed by atoms with van der Waals surface area (Å²) in [6, 6.07) is 9.30. The summed E-state index contributed by atoms with van der Waals surface area (Å²) in [5.41, 5.74) is 2.60. The molecule has 1 heterocycles. The van der Waals surface area contributed by atoms with Crippen molar-refractivity contribution in [2.75, 3.05) is 13.7 Å². The molecule has 1 aliphatic rings. The lowest BCUT2D eigenvalue weighted by Crippen LogP contribution is -2.33. The molecule has 2 aromatic carbocycles. The molecular weight excluding hydrogens is 525 g/mol. The molecule has 1 aliphatic carbocycles. The van der Waals surface area contributed by atoms with E-state index in [-0.39, 0.29) is 29.0 Å². The molecule has 0 amide bonds. The maximum atomic E-state index is 13.5. The van der Waals surface area contributed by atoms with Gasteiger partial charge in [-0.2, -0.15) is 9.40 Å². The summed E-state index contributed by atoms with van der Waals surface area (Å²) in [6.45, 7) is 3.94. The van der Waals surface area contributed by atoms with Crippen LogP contribution in [0.1, 0.15) is 42.6 Å². The first-order chi connectivity index (χ1) is 17.1. The van der Waals surface area contributed by atoms with Crippen LogP contribution in [0.3, 0.4) is 0 Å². The van der Waals surface area contributed by atoms with Crippen molar-refractivity contribution < 1.29 is 22.7 Å². The number of ether oxygens (including phenoxy) is 2. The molecule has 0 unspecified atom stereocenters. The number of carbonyl (C=O) groups excluding carboxylic acids is 1. The summed E-state index contributed by atoms with van der Waals surface area (Å²) in [4.78, 5) is 12.0. The van der Waals surface area contributed by atoms with Gasteiger partial charge in [-0.25, -0.2) is 8.42 Å². The Bertz CT molecular complexity index is 1390. The molecule has 4 rings (SSSR count). The van der Waals surface area contributed by atoms with Gasteiger partial charge in [0.15, 0.2) is 0 Å². The molecule has 0 saturated carbocycles. The molecule has 1 atom stereocenters. The summed E-state index contributed by atoms with van der Waals surface area (Å²) in [5.74, 6) is 0.349. The van der Waals surface area contributed by atoms with Gasteiger partial charge in [0.05, 0.1) is 33.8 Å². The Morgan fingerprint density at radius 2 is 1.94 bits per heavy atom. The first-order valence-electron chi connectivity index (χ1n) is 11.5. The number of hydrogen-bond acceptors (Lipinski definition) is 6. The van der Waals surface area contributed by atoms with E-state index in [1.54, 1.807) is 37.0 Å². The highest BCUT2D eigenvalue weighted by Crippen LogP contribution is 2.39. The van der Waals surface area contributed by atoms with E-state index in [4.69, 9.17) is 32.7 Å². The van der Waals surface area contributed by atoms with Gasteiger partial charge in [-0.05, 0) is 69.0 Å². The summed E-state index contributed by atoms with van der Waals surface area (Å²) in [6.07, 6.45) is 3.74. The Balaban J connectivity index is 1.57. The number of benzene rings is 2. The van der Waals surface area contributed by atoms with Crippen molar-refractivity contribution >= 4 is 39.2 Å². The molecule has 0 saturated heterocycles. The fourth-order valence-electron chi connectivity index (χ4n) is 4.30. The first-order valence-corrected chi connectivity index (χ1v) is 13.7. The van der Waals surface area contributed by atoms with Crippen LogP contribution in [-0.2, 0) is 32.5 Å². The van der Waals surface area contributed by atoms with E-state index in [1.807, 2.05) is 13.0 Å². The van der Waals surface area contributed by atoms with Crippen LogP contribution in [0.25, 0.3) is 0 Å². The predicted molar refractivity (Wildman–Crippen MR) is 137 cm³/mol. The van der Waals surface area contributed by atoms with Crippen molar-refractivity contribution in [3.8, 4) is 11.5 Å². The highest BCUT2D eigenvalue weighted by atomic mass is 35.5. The van der Waals surface area contributed by atoms with Crippen molar-refractivity contribution in [3.05, 3.63) is 69.5 Å². The third-order valence-corrected chi connectivity index (χ3v) is 8.61. The Morgan fingerprint density at radius 1 is 1.17 bits per heavy atom. The normalized spacial score (nSPS) is 15.6. The second-order valence-electron chi connectivity index (χ2n) is 8.57. The minimum absolute atomic E-state index is 0.00557. The summed E-state index contributed by atoms with van der Waals surface area (Å²) >= 11 is 12.6. The van der Waals surface area contributed by atoms with Crippen molar-refractivity contribution in [1.29, 1.82) is 0 Å². The number of nitrogens with zero attached hydrogens (tertiary/aromatic N) is 3. The average molecular weight is 552 g/mol. The van der Waals surface area contributed by atoms with Crippen LogP contribution in [0.2, 0.25) is 10.0 Å². The fourth-order valence-corrected chi connectivity index (χ4v) is 6.14. The van der Waals surface area contributed by atoms with E-state index in [1.165, 1.54) is 22.5 Å². The molecule has 0 spiro atoms. The predicted octanol–water partition coefficient (Wildman–Crippen LogP) is 5.55. The van der Waals surface area contributed by atoms with Crippen molar-refractivity contribution in [2.45, 2.75) is 50.6 Å². The second kappa shape index (κ2) is 10.8. The van der Waals surface area contributed by atoms with E-state index in [0.717, 1.165) is 23.2 Å². The smallest absolute Gasteiger partial charge is 0.327 e. The van der Waals surface area contributed by atoms with Crippen LogP contribution >= 0.6 is 23.2 Å². The number of fused-ring (bicyclic) bond motifs is 1. The maximum Gasteiger partial charge on any atom is 0.327 e. The number of rotatable bonds is 8. The lowest BCUT2D eigenvalue weighted by molar-refractivity contribution is -0.144. The fraction of sp³-hybridized carbons (Fsp3) is 0.360. The van der Waals surface area contributed by atoms with Gasteiger partial charge in [0.1, 0.15) is 18.0 Å². The Kier molecular flexibility index (Phi) is 7.94. The third-order valence-electron chi connectivity index (χ3n) is 6.14. The molecule has 1 aromatic heterocycles. The van der Waals surface area contributed by atoms with Crippen molar-refractivity contribution in [2.24, 2.45) is 0 Å². The lowest BCUT2D eigenvalue weighted by atomic mass is 9.93. The molecule has 36 heavy (non-hydrogen) atoms. The van der Waals surface area contributed by atoms with E-state index in [0.29, 0.717) is 29.4 Å². The van der Waals surface area contributed by atoms with E-state index >= 15 is 0 Å². The van der Waals surface area contributed by atoms with Crippen LogP contribution in [0.5, 0.6) is 11.5 Å². The lowest BCUT2D eigenvalue weighted by Gasteiger charge is -2.31. The number of aryl methyl sites for hydroxylation is 1. The number of sulfonamides is 1. The van der Waals surface area contributed by atoms with Crippen LogP contribution in [0.15, 0.2) is 47.5 Å². The Hall–Kier alpha value is -2.59. The Labute approximate surface area is 220 Å². The van der Waals surface area contributed by atoms with Crippen LogP contribution in [0.4, 0.5) is 0 Å². The van der Waals surface area contributed by atoms with Crippen molar-refractivity contribution in [1.82, 2.24) is 14.1 Å². The minimum atomic E-state index is -3.89.